The van der Waals surface area contributed by atoms with E-state index in [1.165, 1.54) is 4.40 Å². The first-order chi connectivity index (χ1) is 26.1. The van der Waals surface area contributed by atoms with Crippen LogP contribution in [0.5, 0.6) is 5.88 Å². The van der Waals surface area contributed by atoms with Gasteiger partial charge in [0.05, 0.1) is 28.3 Å². The molecule has 2 aromatic carbocycles. The largest absolute Gasteiger partial charge is 0.481 e. The van der Waals surface area contributed by atoms with E-state index >= 15 is 0 Å². The summed E-state index contributed by atoms with van der Waals surface area (Å²) < 4.78 is 7.28. The molecule has 1 saturated carbocycles. The van der Waals surface area contributed by atoms with E-state index < -0.39 is 11.4 Å². The summed E-state index contributed by atoms with van der Waals surface area (Å²) in [6.45, 7) is 2.02. The van der Waals surface area contributed by atoms with Crippen LogP contribution in [0.25, 0.3) is 39.2 Å². The Morgan fingerprint density at radius 2 is 1.70 bits per heavy atom. The SMILES string of the molecule is COc1nc(-c2cccc(-c3cccc(-c4ccn5c(=O)c(CNC[C@@H]6CCC(=O)N6)cnc5c4)c3Cl)c2Cl)ccc1CN1CC2(C(=O)O)CCC1CC2. The van der Waals surface area contributed by atoms with Crippen molar-refractivity contribution in [1.82, 2.24) is 29.9 Å². The molecule has 0 radical (unpaired) electrons. The Kier molecular flexibility index (Phi) is 9.91. The lowest BCUT2D eigenvalue weighted by molar-refractivity contribution is -0.160. The van der Waals surface area contributed by atoms with E-state index in [0.717, 1.165) is 65.5 Å². The molecule has 6 heterocycles. The third kappa shape index (κ3) is 6.74. The van der Waals surface area contributed by atoms with Gasteiger partial charge < -0.3 is 20.5 Å². The van der Waals surface area contributed by atoms with Gasteiger partial charge in [-0.1, -0.05) is 65.7 Å². The molecule has 278 valence electrons. The van der Waals surface area contributed by atoms with E-state index in [-0.39, 0.29) is 17.5 Å². The predicted molar refractivity (Wildman–Crippen MR) is 208 cm³/mol. The van der Waals surface area contributed by atoms with Crippen LogP contribution >= 0.6 is 23.2 Å². The zero-order valence-corrected chi connectivity index (χ0v) is 31.3. The molecule has 2 bridgehead atoms. The molecule has 54 heavy (non-hydrogen) atoms. The Morgan fingerprint density at radius 3 is 2.41 bits per heavy atom. The van der Waals surface area contributed by atoms with Crippen molar-refractivity contribution in [2.45, 2.75) is 63.7 Å². The number of benzene rings is 2. The Morgan fingerprint density at radius 1 is 0.981 bits per heavy atom. The van der Waals surface area contributed by atoms with Crippen LogP contribution in [0.4, 0.5) is 0 Å². The number of aromatic nitrogens is 3. The molecule has 13 heteroatoms. The van der Waals surface area contributed by atoms with Crippen LogP contribution in [0, 0.1) is 5.41 Å². The topological polar surface area (TPSA) is 138 Å². The maximum Gasteiger partial charge on any atom is 0.310 e. The smallest absolute Gasteiger partial charge is 0.310 e. The number of carboxylic acid groups (broad SMARTS) is 1. The number of hydrogen-bond acceptors (Lipinski definition) is 8. The highest BCUT2D eigenvalue weighted by molar-refractivity contribution is 6.39. The zero-order valence-electron chi connectivity index (χ0n) is 29.8. The number of fused-ring (bicyclic) bond motifs is 4. The van der Waals surface area contributed by atoms with Crippen molar-refractivity contribution in [3.8, 4) is 39.4 Å². The van der Waals surface area contributed by atoms with Crippen LogP contribution in [0.1, 0.15) is 49.7 Å². The minimum absolute atomic E-state index is 0.0579. The summed E-state index contributed by atoms with van der Waals surface area (Å²) in [5, 5.41) is 17.1. The summed E-state index contributed by atoms with van der Waals surface area (Å²) >= 11 is 14.3. The van der Waals surface area contributed by atoms with Crippen molar-refractivity contribution >= 4 is 40.7 Å². The molecule has 1 atom stereocenters. The van der Waals surface area contributed by atoms with Crippen LogP contribution < -0.4 is 20.9 Å². The highest BCUT2D eigenvalue weighted by atomic mass is 35.5. The molecule has 0 unspecified atom stereocenters. The van der Waals surface area contributed by atoms with Crippen molar-refractivity contribution in [3.63, 3.8) is 0 Å². The van der Waals surface area contributed by atoms with Gasteiger partial charge in [-0.25, -0.2) is 9.97 Å². The third-order valence-electron chi connectivity index (χ3n) is 11.3. The highest BCUT2D eigenvalue weighted by Crippen LogP contribution is 2.46. The molecule has 3 saturated heterocycles. The van der Waals surface area contributed by atoms with Gasteiger partial charge in [0.15, 0.2) is 0 Å². The number of carbonyl (C=O) groups is 2. The van der Waals surface area contributed by atoms with E-state index in [9.17, 15) is 19.5 Å². The summed E-state index contributed by atoms with van der Waals surface area (Å²) in [7, 11) is 1.59. The standard InChI is InChI=1S/C41H40Cl2N6O5/c1-54-38-25(22-48-23-41(40(52)53)15-12-28(48)13-16-41)8-10-33(47-38)32-7-3-6-31(37(32)43)30-5-2-4-29(36(30)42)24-14-17-49-34(18-24)45-20-26(39(49)51)19-44-21-27-9-11-35(50)46-27/h2-8,10,14,17-18,20,27-28,44H,9,11-13,15-16,19,21-23H2,1H3,(H,46,50)(H,52,53)/t27-,28?,41?/m0/s1. The molecular weight excluding hydrogens is 727 g/mol. The normalized spacial score (nSPS) is 21.1. The number of amides is 1. The zero-order chi connectivity index (χ0) is 37.6. The van der Waals surface area contributed by atoms with Gasteiger partial charge >= 0.3 is 5.97 Å². The van der Waals surface area contributed by atoms with Gasteiger partial charge in [-0.15, -0.1) is 0 Å². The van der Waals surface area contributed by atoms with Crippen LogP contribution in [-0.4, -0.2) is 68.5 Å². The third-order valence-corrected chi connectivity index (χ3v) is 12.2. The molecule has 3 aromatic heterocycles. The fourth-order valence-corrected chi connectivity index (χ4v) is 8.97. The lowest BCUT2D eigenvalue weighted by atomic mass is 9.67. The van der Waals surface area contributed by atoms with Gasteiger partial charge in [-0.2, -0.15) is 0 Å². The van der Waals surface area contributed by atoms with Crippen molar-refractivity contribution in [3.05, 3.63) is 105 Å². The number of piperidine rings is 2. The first kappa shape index (κ1) is 36.2. The number of aliphatic carboxylic acids is 1. The number of nitrogens with zero attached hydrogens (tertiary/aromatic N) is 4. The Hall–Kier alpha value is -4.81. The summed E-state index contributed by atoms with van der Waals surface area (Å²) in [5.41, 5.74) is 5.46. The van der Waals surface area contributed by atoms with Crippen molar-refractivity contribution in [1.29, 1.82) is 0 Å². The second-order valence-electron chi connectivity index (χ2n) is 14.6. The molecule has 3 N–H and O–H groups in total. The second kappa shape index (κ2) is 14.8. The van der Waals surface area contributed by atoms with E-state index in [2.05, 4.69) is 20.5 Å². The molecule has 1 amide bonds. The predicted octanol–water partition coefficient (Wildman–Crippen LogP) is 6.60. The number of rotatable bonds is 11. The van der Waals surface area contributed by atoms with E-state index in [1.807, 2.05) is 60.7 Å². The molecule has 9 rings (SSSR count). The Labute approximate surface area is 322 Å². The first-order valence-electron chi connectivity index (χ1n) is 18.2. The lowest BCUT2D eigenvalue weighted by Gasteiger charge is -2.50. The number of halogens is 2. The van der Waals surface area contributed by atoms with Crippen LogP contribution in [0.3, 0.4) is 0 Å². The average Bonchev–Trinajstić information content (AvgIpc) is 3.61. The molecular formula is C41H40Cl2N6O5. The Balaban J connectivity index is 1.03. The van der Waals surface area contributed by atoms with Crippen molar-refractivity contribution in [2.24, 2.45) is 5.41 Å². The number of nitrogens with one attached hydrogen (secondary N) is 2. The van der Waals surface area contributed by atoms with Gasteiger partial charge in [0, 0.05) is 90.5 Å². The van der Waals surface area contributed by atoms with E-state index in [1.54, 1.807) is 19.5 Å². The number of pyridine rings is 2. The van der Waals surface area contributed by atoms with Gasteiger partial charge in [-0.05, 0) is 55.9 Å². The second-order valence-corrected chi connectivity index (χ2v) is 15.3. The average molecular weight is 768 g/mol. The van der Waals surface area contributed by atoms with Gasteiger partial charge in [-0.3, -0.25) is 23.7 Å². The van der Waals surface area contributed by atoms with Crippen LogP contribution in [-0.2, 0) is 22.7 Å². The summed E-state index contributed by atoms with van der Waals surface area (Å²) in [5.74, 6) is -0.168. The van der Waals surface area contributed by atoms with E-state index in [0.29, 0.717) is 71.5 Å². The first-order valence-corrected chi connectivity index (χ1v) is 19.0. The van der Waals surface area contributed by atoms with Gasteiger partial charge in [0.2, 0.25) is 11.8 Å². The van der Waals surface area contributed by atoms with Crippen molar-refractivity contribution in [2.75, 3.05) is 20.2 Å². The minimum atomic E-state index is -0.704. The fourth-order valence-electron chi connectivity index (χ4n) is 8.31. The molecule has 4 aliphatic rings. The Bertz CT molecular complexity index is 2340. The maximum atomic E-state index is 13.3. The van der Waals surface area contributed by atoms with Gasteiger partial charge in [0.1, 0.15) is 5.65 Å². The molecule has 4 fully saturated rings. The number of hydrogen-bond donors (Lipinski definition) is 3. The van der Waals surface area contributed by atoms with E-state index in [4.69, 9.17) is 32.9 Å². The molecule has 11 nitrogen and oxygen atoms in total. The maximum absolute atomic E-state index is 13.3. The van der Waals surface area contributed by atoms with Gasteiger partial charge in [0.25, 0.3) is 5.56 Å². The number of ether oxygens (including phenoxy) is 1. The molecule has 0 spiro atoms. The van der Waals surface area contributed by atoms with Crippen molar-refractivity contribution < 1.29 is 19.4 Å². The number of carbonyl (C=O) groups excluding carboxylic acids is 1. The summed E-state index contributed by atoms with van der Waals surface area (Å²) in [6, 6.07) is 19.5. The van der Waals surface area contributed by atoms with Crippen LogP contribution in [0.15, 0.2) is 77.9 Å². The lowest BCUT2D eigenvalue weighted by Crippen LogP contribution is -2.56. The fraction of sp³-hybridized carbons (Fsp3) is 0.341. The quantitative estimate of drug-likeness (QED) is 0.136. The highest BCUT2D eigenvalue weighted by Gasteiger charge is 2.49. The molecule has 5 aromatic rings. The molecule has 3 aliphatic heterocycles. The number of methoxy groups -OCH3 is 1. The summed E-state index contributed by atoms with van der Waals surface area (Å²) in [4.78, 5) is 48.6. The molecule has 1 aliphatic carbocycles. The monoisotopic (exact) mass is 766 g/mol. The number of carboxylic acids is 1. The van der Waals surface area contributed by atoms with Crippen LogP contribution in [0.2, 0.25) is 10.0 Å². The summed E-state index contributed by atoms with van der Waals surface area (Å²) in [6.07, 6.45) is 7.83. The minimum Gasteiger partial charge on any atom is -0.481 e.